The van der Waals surface area contributed by atoms with Crippen molar-refractivity contribution < 1.29 is 38.1 Å². The molecule has 0 aromatic rings. The zero-order valence-electron chi connectivity index (χ0n) is 21.4. The van der Waals surface area contributed by atoms with Crippen molar-refractivity contribution in [3.63, 3.8) is 0 Å². The number of nitrogens with one attached hydrogen (secondary N) is 1. The van der Waals surface area contributed by atoms with E-state index in [0.29, 0.717) is 26.0 Å². The molecule has 202 valence electrons. The van der Waals surface area contributed by atoms with Crippen molar-refractivity contribution in [1.82, 2.24) is 10.2 Å². The third kappa shape index (κ3) is 5.66. The first-order valence-corrected chi connectivity index (χ1v) is 13.1. The van der Waals surface area contributed by atoms with Crippen LogP contribution in [-0.2, 0) is 28.5 Å². The topological polar surface area (TPSA) is 119 Å². The maximum absolute atomic E-state index is 13.2. The summed E-state index contributed by atoms with van der Waals surface area (Å²) in [7, 11) is 1.64. The molecule has 3 aliphatic heterocycles. The fourth-order valence-electron chi connectivity index (χ4n) is 5.87. The number of rotatable bonds is 8. The van der Waals surface area contributed by atoms with Crippen molar-refractivity contribution in [3.05, 3.63) is 11.6 Å². The van der Waals surface area contributed by atoms with Gasteiger partial charge in [-0.3, -0.25) is 10.1 Å². The maximum Gasteiger partial charge on any atom is 0.413 e. The fourth-order valence-corrected chi connectivity index (χ4v) is 5.94. The number of alkyl halides is 1. The Bertz CT molecular complexity index is 889. The van der Waals surface area contributed by atoms with Crippen LogP contribution in [0.5, 0.6) is 0 Å². The number of carbonyl (C=O) groups is 3. The summed E-state index contributed by atoms with van der Waals surface area (Å²) in [4.78, 5) is 37.8. The molecule has 1 aliphatic carbocycles. The molecular formula is C25H37ClN2O8. The normalized spacial score (nSPS) is 36.8. The number of nitrogens with zero attached hydrogens (tertiary/aromatic N) is 1. The number of epoxide rings is 2. The van der Waals surface area contributed by atoms with E-state index >= 15 is 0 Å². The van der Waals surface area contributed by atoms with Crippen LogP contribution in [0.2, 0.25) is 0 Å². The lowest BCUT2D eigenvalue weighted by molar-refractivity contribution is -0.122. The van der Waals surface area contributed by atoms with Crippen LogP contribution in [0.1, 0.15) is 52.9 Å². The molecule has 0 aromatic heterocycles. The molecule has 1 N–H and O–H groups in total. The van der Waals surface area contributed by atoms with Gasteiger partial charge in [0.15, 0.2) is 0 Å². The molecular weight excluding hydrogens is 492 g/mol. The standard InChI is InChI=1S/C25H37ClN2O8/c1-15(2)7-8-18-24(3,36-18)21-20(32-4)17(9-10-25(21)14-34-25)35-23(31)28-11-5-6-16(28)13-33-22(30)27-19(29)12-26/h7,16-18,20-21H,5-6,8-14H2,1-4H3,(H,27,29,30)/t16-,17?,18+,20?,21?,24+,25-/m0/s1. The molecule has 4 aliphatic rings. The second kappa shape index (κ2) is 10.8. The summed E-state index contributed by atoms with van der Waals surface area (Å²) < 4.78 is 29.3. The molecule has 36 heavy (non-hydrogen) atoms. The molecule has 1 saturated carbocycles. The van der Waals surface area contributed by atoms with Crippen LogP contribution in [0.3, 0.4) is 0 Å². The number of allylic oxidation sites excluding steroid dienone is 1. The summed E-state index contributed by atoms with van der Waals surface area (Å²) in [5.41, 5.74) is 0.540. The number of halogens is 1. The van der Waals surface area contributed by atoms with E-state index in [-0.39, 0.29) is 42.3 Å². The summed E-state index contributed by atoms with van der Waals surface area (Å²) in [6, 6.07) is -0.328. The van der Waals surface area contributed by atoms with E-state index in [1.165, 1.54) is 5.57 Å². The molecule has 3 heterocycles. The van der Waals surface area contributed by atoms with Crippen LogP contribution in [0, 0.1) is 5.92 Å². The molecule has 4 fully saturated rings. The minimum absolute atomic E-state index is 0.0353. The van der Waals surface area contributed by atoms with E-state index in [4.69, 9.17) is 35.3 Å². The molecule has 7 atom stereocenters. The number of hydrogen-bond donors (Lipinski definition) is 1. The van der Waals surface area contributed by atoms with Crippen LogP contribution in [0.15, 0.2) is 11.6 Å². The van der Waals surface area contributed by atoms with Crippen molar-refractivity contribution in [3.8, 4) is 0 Å². The Kier molecular flexibility index (Phi) is 8.19. The Morgan fingerprint density at radius 2 is 2.00 bits per heavy atom. The first kappa shape index (κ1) is 27.2. The van der Waals surface area contributed by atoms with E-state index in [0.717, 1.165) is 19.3 Å². The van der Waals surface area contributed by atoms with Gasteiger partial charge >= 0.3 is 12.2 Å². The summed E-state index contributed by atoms with van der Waals surface area (Å²) in [6.07, 6.45) is 3.76. The Morgan fingerprint density at radius 3 is 2.64 bits per heavy atom. The number of amides is 3. The SMILES string of the molecule is COC1C(OC(=O)N2CCC[C@H]2COC(=O)NC(=O)CCl)CC[C@]2(CO2)C1[C@]1(C)O[C@@H]1CC=C(C)C. The van der Waals surface area contributed by atoms with Gasteiger partial charge < -0.3 is 28.6 Å². The van der Waals surface area contributed by atoms with E-state index in [9.17, 15) is 14.4 Å². The highest BCUT2D eigenvalue weighted by molar-refractivity contribution is 6.28. The fraction of sp³-hybridized carbons (Fsp3) is 0.800. The van der Waals surface area contributed by atoms with Crippen molar-refractivity contribution in [2.24, 2.45) is 5.92 Å². The molecule has 10 nitrogen and oxygen atoms in total. The third-order valence-electron chi connectivity index (χ3n) is 7.87. The highest BCUT2D eigenvalue weighted by atomic mass is 35.5. The number of imide groups is 1. The highest BCUT2D eigenvalue weighted by Gasteiger charge is 2.72. The molecule has 0 aromatic carbocycles. The quantitative estimate of drug-likeness (QED) is 0.290. The van der Waals surface area contributed by atoms with Gasteiger partial charge in [0, 0.05) is 13.7 Å². The molecule has 0 radical (unpaired) electrons. The number of methoxy groups -OCH3 is 1. The average molecular weight is 529 g/mol. The predicted octanol–water partition coefficient (Wildman–Crippen LogP) is 3.16. The van der Waals surface area contributed by atoms with Crippen LogP contribution < -0.4 is 5.32 Å². The van der Waals surface area contributed by atoms with E-state index in [2.05, 4.69) is 26.8 Å². The smallest absolute Gasteiger partial charge is 0.413 e. The molecule has 0 bridgehead atoms. The lowest BCUT2D eigenvalue weighted by atomic mass is 9.68. The van der Waals surface area contributed by atoms with Crippen LogP contribution in [0.25, 0.3) is 0 Å². The first-order chi connectivity index (χ1) is 17.1. The summed E-state index contributed by atoms with van der Waals surface area (Å²) in [5, 5.41) is 2.02. The lowest BCUT2D eigenvalue weighted by Crippen LogP contribution is -2.56. The molecule has 11 heteroatoms. The monoisotopic (exact) mass is 528 g/mol. The minimum atomic E-state index is -0.884. The number of alkyl carbamates (subject to hydrolysis) is 1. The zero-order valence-corrected chi connectivity index (χ0v) is 22.2. The molecule has 1 spiro atoms. The van der Waals surface area contributed by atoms with Crippen LogP contribution >= 0.6 is 11.6 Å². The van der Waals surface area contributed by atoms with Gasteiger partial charge in [0.05, 0.1) is 24.7 Å². The molecule has 3 amide bonds. The Hall–Kier alpha value is -1.88. The summed E-state index contributed by atoms with van der Waals surface area (Å²) >= 11 is 5.39. The number of carbonyl (C=O) groups excluding carboxylic acids is 3. The second-order valence-electron chi connectivity index (χ2n) is 10.6. The van der Waals surface area contributed by atoms with Gasteiger partial charge in [-0.15, -0.1) is 11.6 Å². The summed E-state index contributed by atoms with van der Waals surface area (Å²) in [6.45, 7) is 7.37. The Morgan fingerprint density at radius 1 is 1.25 bits per heavy atom. The third-order valence-corrected chi connectivity index (χ3v) is 8.11. The van der Waals surface area contributed by atoms with Crippen LogP contribution in [0.4, 0.5) is 9.59 Å². The number of hydrogen-bond acceptors (Lipinski definition) is 8. The average Bonchev–Trinajstić information content (AvgIpc) is 3.69. The van der Waals surface area contributed by atoms with Crippen molar-refractivity contribution in [2.75, 3.05) is 32.7 Å². The van der Waals surface area contributed by atoms with Crippen molar-refractivity contribution in [2.45, 2.75) is 88.4 Å². The highest BCUT2D eigenvalue weighted by Crippen LogP contribution is 2.59. The van der Waals surface area contributed by atoms with Crippen molar-refractivity contribution in [1.29, 1.82) is 0 Å². The van der Waals surface area contributed by atoms with Gasteiger partial charge in [-0.05, 0) is 52.9 Å². The number of ether oxygens (including phenoxy) is 5. The van der Waals surface area contributed by atoms with Gasteiger partial charge in [-0.1, -0.05) is 11.6 Å². The predicted molar refractivity (Wildman–Crippen MR) is 130 cm³/mol. The lowest BCUT2D eigenvalue weighted by Gasteiger charge is -2.43. The Balaban J connectivity index is 1.38. The van der Waals surface area contributed by atoms with E-state index in [1.54, 1.807) is 12.0 Å². The number of likely N-dealkylation sites (tertiary alicyclic amines) is 1. The van der Waals surface area contributed by atoms with Crippen LogP contribution in [-0.4, -0.2) is 91.3 Å². The van der Waals surface area contributed by atoms with Gasteiger partial charge in [0.25, 0.3) is 0 Å². The zero-order chi connectivity index (χ0) is 26.1. The largest absolute Gasteiger partial charge is 0.447 e. The Labute approximate surface area is 216 Å². The summed E-state index contributed by atoms with van der Waals surface area (Å²) in [5.74, 6) is -1.04. The maximum atomic E-state index is 13.2. The van der Waals surface area contributed by atoms with Gasteiger partial charge in [0.2, 0.25) is 5.91 Å². The molecule has 3 unspecified atom stereocenters. The first-order valence-electron chi connectivity index (χ1n) is 12.6. The van der Waals surface area contributed by atoms with E-state index in [1.807, 2.05) is 5.32 Å². The molecule has 4 rings (SSSR count). The van der Waals surface area contributed by atoms with E-state index < -0.39 is 29.8 Å². The molecule has 3 saturated heterocycles. The second-order valence-corrected chi connectivity index (χ2v) is 10.8. The minimum Gasteiger partial charge on any atom is -0.447 e. The van der Waals surface area contributed by atoms with Gasteiger partial charge in [-0.2, -0.15) is 0 Å². The van der Waals surface area contributed by atoms with Gasteiger partial charge in [0.1, 0.15) is 35.9 Å². The van der Waals surface area contributed by atoms with Gasteiger partial charge in [-0.25, -0.2) is 9.59 Å². The van der Waals surface area contributed by atoms with Crippen molar-refractivity contribution >= 4 is 29.7 Å².